The van der Waals surface area contributed by atoms with Crippen molar-refractivity contribution in [1.82, 2.24) is 35.2 Å². The molecule has 0 saturated heterocycles. The van der Waals surface area contributed by atoms with Crippen molar-refractivity contribution in [3.63, 3.8) is 0 Å². The summed E-state index contributed by atoms with van der Waals surface area (Å²) in [5.74, 6) is -1.01. The van der Waals surface area contributed by atoms with Gasteiger partial charge in [0, 0.05) is 27.9 Å². The Morgan fingerprint density at radius 2 is 2.00 bits per heavy atom. The molecule has 3 aromatic heterocycles. The van der Waals surface area contributed by atoms with Gasteiger partial charge in [0.25, 0.3) is 0 Å². The van der Waals surface area contributed by atoms with Gasteiger partial charge in [-0.15, -0.1) is 5.10 Å². The number of aromatic amines is 1. The monoisotopic (exact) mass is 529 g/mol. The molecule has 11 heteroatoms. The Kier molecular flexibility index (Phi) is 6.16. The van der Waals surface area contributed by atoms with Crippen molar-refractivity contribution in [2.24, 2.45) is 5.92 Å². The number of carbonyl (C=O) groups is 1. The lowest BCUT2D eigenvalue weighted by molar-refractivity contribution is 0.0692. The van der Waals surface area contributed by atoms with Gasteiger partial charge >= 0.3 is 5.97 Å². The van der Waals surface area contributed by atoms with Gasteiger partial charge in [-0.2, -0.15) is 4.68 Å². The van der Waals surface area contributed by atoms with Crippen LogP contribution in [0.1, 0.15) is 47.1 Å². The van der Waals surface area contributed by atoms with Crippen molar-refractivity contribution in [2.75, 3.05) is 0 Å². The highest BCUT2D eigenvalue weighted by Gasteiger charge is 2.30. The number of benzene rings is 2. The first-order valence-corrected chi connectivity index (χ1v) is 12.4. The van der Waals surface area contributed by atoms with Crippen LogP contribution in [0.4, 0.5) is 4.39 Å². The molecule has 2 N–H and O–H groups in total. The Morgan fingerprint density at radius 3 is 2.71 bits per heavy atom. The Hall–Kier alpha value is -4.44. The molecule has 1 saturated carbocycles. The van der Waals surface area contributed by atoms with E-state index in [4.69, 9.17) is 16.6 Å². The maximum Gasteiger partial charge on any atom is 0.338 e. The van der Waals surface area contributed by atoms with Gasteiger partial charge in [0.2, 0.25) is 0 Å². The number of carboxylic acids is 1. The molecule has 1 aliphatic carbocycles. The first kappa shape index (κ1) is 23.9. The van der Waals surface area contributed by atoms with Gasteiger partial charge in [0.05, 0.1) is 34.8 Å². The molecule has 0 bridgehead atoms. The number of carboxylic acid groups (broad SMARTS) is 1. The molecule has 5 aromatic rings. The number of hydrogen-bond acceptors (Lipinski definition) is 6. The van der Waals surface area contributed by atoms with Gasteiger partial charge < -0.3 is 10.1 Å². The van der Waals surface area contributed by atoms with Crippen LogP contribution in [0.3, 0.4) is 0 Å². The summed E-state index contributed by atoms with van der Waals surface area (Å²) < 4.78 is 16.4. The number of aromatic nitrogens is 7. The highest BCUT2D eigenvalue weighted by atomic mass is 35.5. The van der Waals surface area contributed by atoms with Crippen LogP contribution in [0.2, 0.25) is 5.02 Å². The van der Waals surface area contributed by atoms with Gasteiger partial charge in [0.15, 0.2) is 0 Å². The summed E-state index contributed by atoms with van der Waals surface area (Å²) in [5, 5.41) is 21.3. The third-order valence-electron chi connectivity index (χ3n) is 6.72. The van der Waals surface area contributed by atoms with Gasteiger partial charge in [-0.05, 0) is 59.2 Å². The number of halogens is 2. The fraction of sp³-hybridized carbons (Fsp3) is 0.185. The average molecular weight is 530 g/mol. The van der Waals surface area contributed by atoms with Crippen LogP contribution in [-0.4, -0.2) is 46.2 Å². The van der Waals surface area contributed by atoms with E-state index in [9.17, 15) is 14.3 Å². The second-order valence-electron chi connectivity index (χ2n) is 9.27. The van der Waals surface area contributed by atoms with Gasteiger partial charge in [-0.25, -0.2) is 14.2 Å². The maximum atomic E-state index is 14.9. The Balaban J connectivity index is 1.34. The summed E-state index contributed by atoms with van der Waals surface area (Å²) in [6.07, 6.45) is 7.99. The molecule has 9 nitrogen and oxygen atoms in total. The quantitative estimate of drug-likeness (QED) is 0.270. The van der Waals surface area contributed by atoms with Crippen molar-refractivity contribution in [2.45, 2.75) is 25.2 Å². The van der Waals surface area contributed by atoms with Crippen molar-refractivity contribution in [3.05, 3.63) is 95.2 Å². The number of nitrogens with zero attached hydrogens (tertiary/aromatic N) is 6. The van der Waals surface area contributed by atoms with Gasteiger partial charge in [0.1, 0.15) is 18.0 Å². The number of nitrogens with one attached hydrogen (secondary N) is 1. The number of hydrogen-bond donors (Lipinski definition) is 2. The number of tetrazole rings is 1. The SMILES string of the molecule is O=C(O)c1cccc(-c2cnc(C(CC3CC3)c3ccc(-c4cc(Cl)ccc4-n4cnnn4)cn3)[nH]2)c1F. The summed E-state index contributed by atoms with van der Waals surface area (Å²) in [5.41, 5.74) is 3.47. The molecule has 38 heavy (non-hydrogen) atoms. The maximum absolute atomic E-state index is 14.9. The Labute approximate surface area is 221 Å². The van der Waals surface area contributed by atoms with Gasteiger partial charge in [-0.3, -0.25) is 4.98 Å². The fourth-order valence-corrected chi connectivity index (χ4v) is 4.77. The number of imidazole rings is 1. The van der Waals surface area contributed by atoms with Crippen molar-refractivity contribution >= 4 is 17.6 Å². The highest BCUT2D eigenvalue weighted by Crippen LogP contribution is 2.41. The molecule has 6 rings (SSSR count). The number of H-pyrrole nitrogens is 1. The minimum atomic E-state index is -1.32. The zero-order chi connectivity index (χ0) is 26.2. The molecule has 1 unspecified atom stereocenters. The molecule has 1 fully saturated rings. The predicted molar refractivity (Wildman–Crippen MR) is 138 cm³/mol. The predicted octanol–water partition coefficient (Wildman–Crippen LogP) is 5.54. The standard InChI is InChI=1S/C27H21ClFN7O2/c28-17-7-9-24(36-14-32-34-35-36)20(11-17)16-6-8-22(30-12-16)21(10-15-4-5-15)26-31-13-23(33-26)18-2-1-3-19(25(18)29)27(37)38/h1-3,6-9,11-15,21H,4-5,10H2,(H,31,33)(H,37,38). The molecule has 0 spiro atoms. The molecular formula is C27H21ClFN7O2. The molecule has 3 heterocycles. The topological polar surface area (TPSA) is 122 Å². The molecular weight excluding hydrogens is 509 g/mol. The summed E-state index contributed by atoms with van der Waals surface area (Å²) >= 11 is 6.29. The lowest BCUT2D eigenvalue weighted by Crippen LogP contribution is -2.07. The largest absolute Gasteiger partial charge is 0.478 e. The third kappa shape index (κ3) is 4.66. The van der Waals surface area contributed by atoms with E-state index in [0.29, 0.717) is 22.5 Å². The summed E-state index contributed by atoms with van der Waals surface area (Å²) in [4.78, 5) is 23.9. The van der Waals surface area contributed by atoms with Crippen LogP contribution in [-0.2, 0) is 0 Å². The number of rotatable bonds is 8. The molecule has 0 amide bonds. The highest BCUT2D eigenvalue weighted by molar-refractivity contribution is 6.31. The summed E-state index contributed by atoms with van der Waals surface area (Å²) in [7, 11) is 0. The minimum absolute atomic E-state index is 0.130. The van der Waals surface area contributed by atoms with Gasteiger partial charge in [-0.1, -0.05) is 36.6 Å². The molecule has 1 aliphatic rings. The Bertz CT molecular complexity index is 1620. The lowest BCUT2D eigenvalue weighted by Gasteiger charge is -2.15. The van der Waals surface area contributed by atoms with Crippen LogP contribution in [0.25, 0.3) is 28.1 Å². The van der Waals surface area contributed by atoms with E-state index in [0.717, 1.165) is 41.8 Å². The smallest absolute Gasteiger partial charge is 0.338 e. The first-order valence-electron chi connectivity index (χ1n) is 12.0. The average Bonchev–Trinajstić information content (AvgIpc) is 3.35. The number of pyridine rings is 1. The zero-order valence-corrected chi connectivity index (χ0v) is 20.7. The Morgan fingerprint density at radius 1 is 1.13 bits per heavy atom. The van der Waals surface area contributed by atoms with E-state index in [2.05, 4.69) is 25.5 Å². The second-order valence-corrected chi connectivity index (χ2v) is 9.71. The third-order valence-corrected chi connectivity index (χ3v) is 6.95. The lowest BCUT2D eigenvalue weighted by atomic mass is 9.95. The van der Waals surface area contributed by atoms with E-state index < -0.39 is 11.8 Å². The molecule has 2 aromatic carbocycles. The van der Waals surface area contributed by atoms with Crippen molar-refractivity contribution in [1.29, 1.82) is 0 Å². The van der Waals surface area contributed by atoms with Crippen LogP contribution in [0.15, 0.2) is 67.3 Å². The molecule has 1 atom stereocenters. The summed E-state index contributed by atoms with van der Waals surface area (Å²) in [6, 6.07) is 13.7. The zero-order valence-electron chi connectivity index (χ0n) is 19.9. The van der Waals surface area contributed by atoms with E-state index in [1.54, 1.807) is 16.9 Å². The first-order chi connectivity index (χ1) is 18.5. The molecule has 0 aliphatic heterocycles. The van der Waals surface area contributed by atoms with E-state index in [1.807, 2.05) is 24.3 Å². The molecule has 0 radical (unpaired) electrons. The second kappa shape index (κ2) is 9.79. The van der Waals surface area contributed by atoms with E-state index in [-0.39, 0.29) is 17.0 Å². The molecule has 190 valence electrons. The van der Waals surface area contributed by atoms with E-state index >= 15 is 0 Å². The van der Waals surface area contributed by atoms with E-state index in [1.165, 1.54) is 30.7 Å². The van der Waals surface area contributed by atoms with Crippen LogP contribution >= 0.6 is 11.6 Å². The van der Waals surface area contributed by atoms with Crippen LogP contribution < -0.4 is 0 Å². The van der Waals surface area contributed by atoms with Crippen LogP contribution in [0, 0.1) is 11.7 Å². The summed E-state index contributed by atoms with van der Waals surface area (Å²) in [6.45, 7) is 0. The number of aromatic carboxylic acids is 1. The fourth-order valence-electron chi connectivity index (χ4n) is 4.60. The van der Waals surface area contributed by atoms with Crippen LogP contribution in [0.5, 0.6) is 0 Å². The van der Waals surface area contributed by atoms with Crippen molar-refractivity contribution in [3.8, 4) is 28.1 Å². The van der Waals surface area contributed by atoms with Crippen molar-refractivity contribution < 1.29 is 14.3 Å². The minimum Gasteiger partial charge on any atom is -0.478 e. The normalized spacial score (nSPS) is 13.9.